The number of benzene rings is 1. The molecule has 2 aliphatic rings. The number of piperazine rings is 2. The van der Waals surface area contributed by atoms with Gasteiger partial charge in [-0.25, -0.2) is 0 Å². The maximum atomic E-state index is 9.07. The first kappa shape index (κ1) is 20.1. The van der Waals surface area contributed by atoms with Gasteiger partial charge in [-0.2, -0.15) is 0 Å². The number of aryl methyl sites for hydroxylation is 1. The van der Waals surface area contributed by atoms with Crippen molar-refractivity contribution in [1.29, 1.82) is 0 Å². The van der Waals surface area contributed by atoms with E-state index in [1.54, 1.807) is 0 Å². The van der Waals surface area contributed by atoms with Gasteiger partial charge in [0.25, 0.3) is 0 Å². The molecule has 0 bridgehead atoms. The normalized spacial score (nSPS) is 19.0. The van der Waals surface area contributed by atoms with Crippen molar-refractivity contribution in [2.24, 2.45) is 0 Å². The van der Waals surface area contributed by atoms with Gasteiger partial charge < -0.3 is 14.9 Å². The molecule has 2 aromatic rings. The van der Waals surface area contributed by atoms with Gasteiger partial charge in [0, 0.05) is 65.4 Å². The Morgan fingerprint density at radius 2 is 1.38 bits per heavy atom. The van der Waals surface area contributed by atoms with Crippen LogP contribution in [0.5, 0.6) is 0 Å². The third-order valence-corrected chi connectivity index (χ3v) is 5.93. The van der Waals surface area contributed by atoms with E-state index < -0.39 is 0 Å². The van der Waals surface area contributed by atoms with E-state index in [4.69, 9.17) is 5.11 Å². The number of aliphatic hydroxyl groups excluding tert-OH is 1. The van der Waals surface area contributed by atoms with Crippen LogP contribution >= 0.6 is 0 Å². The van der Waals surface area contributed by atoms with Crippen molar-refractivity contribution in [2.75, 3.05) is 75.3 Å². The molecular formula is C22H32N6O. The van der Waals surface area contributed by atoms with Gasteiger partial charge in [-0.15, -0.1) is 10.2 Å². The zero-order chi connectivity index (χ0) is 20.1. The third-order valence-electron chi connectivity index (χ3n) is 5.93. The van der Waals surface area contributed by atoms with Crippen molar-refractivity contribution in [3.8, 4) is 0 Å². The summed E-state index contributed by atoms with van der Waals surface area (Å²) >= 11 is 0. The summed E-state index contributed by atoms with van der Waals surface area (Å²) < 4.78 is 0. The smallest absolute Gasteiger partial charge is 0.151 e. The lowest BCUT2D eigenvalue weighted by Gasteiger charge is -2.36. The minimum atomic E-state index is 0.229. The van der Waals surface area contributed by atoms with E-state index in [0.29, 0.717) is 0 Å². The molecule has 0 radical (unpaired) electrons. The number of hydrogen-bond acceptors (Lipinski definition) is 7. The Balaban J connectivity index is 1.27. The summed E-state index contributed by atoms with van der Waals surface area (Å²) in [5.41, 5.74) is 2.72. The first-order valence-corrected chi connectivity index (χ1v) is 10.7. The largest absolute Gasteiger partial charge is 0.395 e. The van der Waals surface area contributed by atoms with Crippen LogP contribution in [-0.2, 0) is 6.54 Å². The molecule has 7 nitrogen and oxygen atoms in total. The summed E-state index contributed by atoms with van der Waals surface area (Å²) in [4.78, 5) is 9.42. The van der Waals surface area contributed by atoms with Gasteiger partial charge >= 0.3 is 0 Å². The van der Waals surface area contributed by atoms with Crippen LogP contribution in [0.1, 0.15) is 11.1 Å². The minimum absolute atomic E-state index is 0.229. The van der Waals surface area contributed by atoms with Crippen molar-refractivity contribution in [3.63, 3.8) is 0 Å². The monoisotopic (exact) mass is 396 g/mol. The van der Waals surface area contributed by atoms with Crippen molar-refractivity contribution in [2.45, 2.75) is 13.5 Å². The Morgan fingerprint density at radius 3 is 1.90 bits per heavy atom. The Hall–Kier alpha value is -2.22. The first-order valence-electron chi connectivity index (χ1n) is 10.7. The summed E-state index contributed by atoms with van der Waals surface area (Å²) in [6, 6.07) is 13.0. The molecule has 2 saturated heterocycles. The van der Waals surface area contributed by atoms with Gasteiger partial charge in [0.05, 0.1) is 6.61 Å². The van der Waals surface area contributed by atoms with Gasteiger partial charge in [0.15, 0.2) is 11.6 Å². The van der Waals surface area contributed by atoms with Gasteiger partial charge in [-0.05, 0) is 24.6 Å². The molecule has 29 heavy (non-hydrogen) atoms. The number of rotatable bonds is 6. The van der Waals surface area contributed by atoms with E-state index in [1.807, 2.05) is 0 Å². The molecule has 3 heterocycles. The van der Waals surface area contributed by atoms with E-state index in [-0.39, 0.29) is 6.61 Å². The van der Waals surface area contributed by atoms with E-state index in [1.165, 1.54) is 11.1 Å². The highest BCUT2D eigenvalue weighted by molar-refractivity contribution is 5.45. The Labute approximate surface area is 173 Å². The molecule has 0 unspecified atom stereocenters. The number of β-amino-alcohol motifs (C(OH)–C–C–N with tert-alkyl or cyclic N) is 1. The van der Waals surface area contributed by atoms with Crippen LogP contribution in [-0.4, -0.2) is 90.6 Å². The van der Waals surface area contributed by atoms with Crippen molar-refractivity contribution < 1.29 is 5.11 Å². The number of anilines is 2. The highest BCUT2D eigenvalue weighted by atomic mass is 16.3. The molecule has 4 rings (SSSR count). The molecule has 0 aliphatic carbocycles. The van der Waals surface area contributed by atoms with Crippen molar-refractivity contribution >= 4 is 11.6 Å². The predicted molar refractivity (Wildman–Crippen MR) is 116 cm³/mol. The predicted octanol–water partition coefficient (Wildman–Crippen LogP) is 1.22. The second kappa shape index (κ2) is 9.52. The molecular weight excluding hydrogens is 364 g/mol. The van der Waals surface area contributed by atoms with Crippen LogP contribution in [0.4, 0.5) is 11.6 Å². The quantitative estimate of drug-likeness (QED) is 0.788. The van der Waals surface area contributed by atoms with Crippen LogP contribution in [0, 0.1) is 6.92 Å². The standard InChI is InChI=1S/C22H32N6O/c1-19-3-2-4-20(17-19)18-26-9-13-28(14-10-26)22-6-5-21(23-24-22)27-11-7-25(8-12-27)15-16-29/h2-6,17,29H,7-16,18H2,1H3. The Morgan fingerprint density at radius 1 is 0.793 bits per heavy atom. The first-order chi connectivity index (χ1) is 14.2. The highest BCUT2D eigenvalue weighted by Crippen LogP contribution is 2.18. The van der Waals surface area contributed by atoms with Gasteiger partial charge in [-0.3, -0.25) is 9.80 Å². The van der Waals surface area contributed by atoms with Crippen LogP contribution < -0.4 is 9.80 Å². The Bertz CT molecular complexity index is 767. The second-order valence-corrected chi connectivity index (χ2v) is 8.05. The summed E-state index contributed by atoms with van der Waals surface area (Å²) in [5, 5.41) is 18.1. The summed E-state index contributed by atoms with van der Waals surface area (Å²) in [6.45, 7) is 12.0. The van der Waals surface area contributed by atoms with E-state index in [9.17, 15) is 0 Å². The molecule has 0 amide bonds. The van der Waals surface area contributed by atoms with Crippen molar-refractivity contribution in [3.05, 3.63) is 47.5 Å². The van der Waals surface area contributed by atoms with Crippen LogP contribution in [0.15, 0.2) is 36.4 Å². The average molecular weight is 397 g/mol. The number of hydrogen-bond donors (Lipinski definition) is 1. The maximum Gasteiger partial charge on any atom is 0.151 e. The Kier molecular flexibility index (Phi) is 6.59. The molecule has 0 spiro atoms. The third kappa shape index (κ3) is 5.23. The molecule has 1 N–H and O–H groups in total. The summed E-state index contributed by atoms with van der Waals surface area (Å²) in [7, 11) is 0. The molecule has 0 atom stereocenters. The van der Waals surface area contributed by atoms with E-state index >= 15 is 0 Å². The SMILES string of the molecule is Cc1cccc(CN2CCN(c3ccc(N4CCN(CCO)CC4)nn3)CC2)c1. The number of aliphatic hydroxyl groups is 1. The fourth-order valence-electron chi connectivity index (χ4n) is 4.20. The van der Waals surface area contributed by atoms with Gasteiger partial charge in [0.1, 0.15) is 0 Å². The molecule has 2 aliphatic heterocycles. The maximum absolute atomic E-state index is 9.07. The van der Waals surface area contributed by atoms with Crippen LogP contribution in [0.3, 0.4) is 0 Å². The molecule has 1 aromatic carbocycles. The highest BCUT2D eigenvalue weighted by Gasteiger charge is 2.20. The summed E-state index contributed by atoms with van der Waals surface area (Å²) in [5.74, 6) is 1.93. The second-order valence-electron chi connectivity index (χ2n) is 8.05. The van der Waals surface area contributed by atoms with Crippen molar-refractivity contribution in [1.82, 2.24) is 20.0 Å². The van der Waals surface area contributed by atoms with Gasteiger partial charge in [-0.1, -0.05) is 29.8 Å². The topological polar surface area (TPSA) is 59.0 Å². The lowest BCUT2D eigenvalue weighted by atomic mass is 10.1. The van der Waals surface area contributed by atoms with Gasteiger partial charge in [0.2, 0.25) is 0 Å². The minimum Gasteiger partial charge on any atom is -0.395 e. The fourth-order valence-corrected chi connectivity index (χ4v) is 4.20. The summed E-state index contributed by atoms with van der Waals surface area (Å²) in [6.07, 6.45) is 0. The fraction of sp³-hybridized carbons (Fsp3) is 0.545. The van der Waals surface area contributed by atoms with E-state index in [0.717, 1.165) is 77.1 Å². The average Bonchev–Trinajstić information content (AvgIpc) is 2.75. The molecule has 1 aromatic heterocycles. The molecule has 7 heteroatoms. The van der Waals surface area contributed by atoms with Crippen LogP contribution in [0.25, 0.3) is 0 Å². The molecule has 0 saturated carbocycles. The zero-order valence-corrected chi connectivity index (χ0v) is 17.4. The van der Waals surface area contributed by atoms with E-state index in [2.05, 4.69) is 73.1 Å². The van der Waals surface area contributed by atoms with Crippen LogP contribution in [0.2, 0.25) is 0 Å². The number of nitrogens with zero attached hydrogens (tertiary/aromatic N) is 6. The molecule has 2 fully saturated rings. The zero-order valence-electron chi connectivity index (χ0n) is 17.4. The lowest BCUT2D eigenvalue weighted by molar-refractivity contribution is 0.188. The molecule has 156 valence electrons. The lowest BCUT2D eigenvalue weighted by Crippen LogP contribution is -2.47. The number of aromatic nitrogens is 2.